The molecule has 0 heteroatoms. The fourth-order valence-electron chi connectivity index (χ4n) is 4.72. The Morgan fingerprint density at radius 1 is 0.704 bits per heavy atom. The summed E-state index contributed by atoms with van der Waals surface area (Å²) >= 11 is 0. The maximum absolute atomic E-state index is 2.41. The highest BCUT2D eigenvalue weighted by atomic mass is 14.4. The van der Waals surface area contributed by atoms with E-state index in [-0.39, 0.29) is 7.43 Å². The van der Waals surface area contributed by atoms with Gasteiger partial charge in [-0.1, -0.05) is 86.2 Å². The second-order valence-electron chi connectivity index (χ2n) is 11.7. The van der Waals surface area contributed by atoms with E-state index in [0.29, 0.717) is 16.2 Å². The first kappa shape index (κ1) is 24.3. The molecule has 27 heavy (non-hydrogen) atoms. The zero-order valence-electron chi connectivity index (χ0n) is 18.7. The first-order chi connectivity index (χ1) is 12.0. The van der Waals surface area contributed by atoms with Gasteiger partial charge in [0.2, 0.25) is 0 Å². The summed E-state index contributed by atoms with van der Waals surface area (Å²) in [6, 6.07) is 11.0. The van der Waals surface area contributed by atoms with Gasteiger partial charge in [-0.05, 0) is 85.0 Å². The molecule has 0 spiro atoms. The topological polar surface area (TPSA) is 0 Å². The summed E-state index contributed by atoms with van der Waals surface area (Å²) in [7, 11) is 0. The van der Waals surface area contributed by atoms with Crippen molar-refractivity contribution in [1.82, 2.24) is 0 Å². The van der Waals surface area contributed by atoms with Crippen LogP contribution in [-0.2, 0) is 0 Å². The minimum Gasteiger partial charge on any atom is -0.0776 e. The number of hydrogen-bond donors (Lipinski definition) is 0. The van der Waals surface area contributed by atoms with Gasteiger partial charge in [0.1, 0.15) is 0 Å². The van der Waals surface area contributed by atoms with Crippen molar-refractivity contribution in [3.05, 3.63) is 35.9 Å². The summed E-state index contributed by atoms with van der Waals surface area (Å²) in [6.07, 6.45) is 11.2. The van der Waals surface area contributed by atoms with Crippen LogP contribution in [0.3, 0.4) is 0 Å². The highest BCUT2D eigenvalue weighted by Gasteiger charge is 2.32. The van der Waals surface area contributed by atoms with E-state index in [1.54, 1.807) is 5.56 Å². The van der Waals surface area contributed by atoms with Crippen LogP contribution in [0.25, 0.3) is 0 Å². The summed E-state index contributed by atoms with van der Waals surface area (Å²) in [5.41, 5.74) is 3.30. The van der Waals surface area contributed by atoms with Gasteiger partial charge in [0, 0.05) is 0 Å². The Hall–Kier alpha value is -0.780. The van der Waals surface area contributed by atoms with Crippen LogP contribution in [-0.4, -0.2) is 0 Å². The monoisotopic (exact) mass is 372 g/mol. The van der Waals surface area contributed by atoms with Gasteiger partial charge in [-0.25, -0.2) is 0 Å². The lowest BCUT2D eigenvalue weighted by atomic mass is 9.65. The van der Waals surface area contributed by atoms with Gasteiger partial charge in [0.05, 0.1) is 0 Å². The number of benzene rings is 1. The highest BCUT2D eigenvalue weighted by Crippen LogP contribution is 2.44. The van der Waals surface area contributed by atoms with Crippen molar-refractivity contribution in [2.24, 2.45) is 22.2 Å². The Balaban J connectivity index is 0.000000264. The molecule has 0 aromatic heterocycles. The van der Waals surface area contributed by atoms with Crippen LogP contribution in [0.15, 0.2) is 30.3 Å². The Labute approximate surface area is 171 Å². The molecule has 0 saturated heterocycles. The predicted molar refractivity (Wildman–Crippen MR) is 123 cm³/mol. The van der Waals surface area contributed by atoms with E-state index in [2.05, 4.69) is 78.8 Å². The first-order valence-electron chi connectivity index (χ1n) is 11.0. The fraction of sp³-hybridized carbons (Fsp3) is 0.778. The van der Waals surface area contributed by atoms with E-state index in [1.165, 1.54) is 51.4 Å². The lowest BCUT2D eigenvalue weighted by Crippen LogP contribution is -2.29. The minimum absolute atomic E-state index is 0. The Bertz CT molecular complexity index is 509. The van der Waals surface area contributed by atoms with Gasteiger partial charge < -0.3 is 0 Å². The minimum atomic E-state index is 0. The normalized spacial score (nSPS) is 22.9. The van der Waals surface area contributed by atoms with Crippen molar-refractivity contribution in [1.29, 1.82) is 0 Å². The Morgan fingerprint density at radius 3 is 1.52 bits per heavy atom. The van der Waals surface area contributed by atoms with Gasteiger partial charge in [-0.2, -0.15) is 0 Å². The van der Waals surface area contributed by atoms with Crippen LogP contribution in [0.2, 0.25) is 0 Å². The maximum Gasteiger partial charge on any atom is -0.0162 e. The third kappa shape index (κ3) is 8.00. The molecule has 1 aromatic carbocycles. The molecule has 2 fully saturated rings. The van der Waals surface area contributed by atoms with Crippen LogP contribution in [0.1, 0.15) is 119 Å². The largest absolute Gasteiger partial charge is 0.0776 e. The molecule has 0 N–H and O–H groups in total. The van der Waals surface area contributed by atoms with Crippen molar-refractivity contribution in [2.45, 2.75) is 113 Å². The highest BCUT2D eigenvalue weighted by molar-refractivity contribution is 5.20. The van der Waals surface area contributed by atoms with E-state index < -0.39 is 0 Å². The third-order valence-electron chi connectivity index (χ3n) is 7.17. The van der Waals surface area contributed by atoms with Crippen molar-refractivity contribution < 1.29 is 0 Å². The second-order valence-corrected chi connectivity index (χ2v) is 11.7. The standard InChI is InChI=1S/C14H20.C12H24.CH4/c1-14(2)10-8-13(9-11-14)12-6-4-3-5-7-12;1-11(2,3)10-6-8-12(4,5)9-7-10;/h3-7,13H,8-11H2,1-2H3;10H,6-9H2,1-5H3;1H4. The van der Waals surface area contributed by atoms with Crippen LogP contribution < -0.4 is 0 Å². The molecular weight excluding hydrogens is 324 g/mol. The molecule has 0 atom stereocenters. The molecule has 0 heterocycles. The summed E-state index contributed by atoms with van der Waals surface area (Å²) < 4.78 is 0. The van der Waals surface area contributed by atoms with E-state index in [1.807, 2.05) is 0 Å². The first-order valence-corrected chi connectivity index (χ1v) is 11.0. The van der Waals surface area contributed by atoms with Crippen molar-refractivity contribution in [2.75, 3.05) is 0 Å². The molecule has 2 aliphatic carbocycles. The van der Waals surface area contributed by atoms with E-state index >= 15 is 0 Å². The lowest BCUT2D eigenvalue weighted by molar-refractivity contribution is 0.111. The van der Waals surface area contributed by atoms with E-state index in [0.717, 1.165) is 11.8 Å². The summed E-state index contributed by atoms with van der Waals surface area (Å²) in [5.74, 6) is 1.79. The molecular formula is C27H48. The quantitative estimate of drug-likeness (QED) is 0.460. The average molecular weight is 373 g/mol. The fourth-order valence-corrected chi connectivity index (χ4v) is 4.72. The van der Waals surface area contributed by atoms with Gasteiger partial charge in [0.25, 0.3) is 0 Å². The predicted octanol–water partition coefficient (Wildman–Crippen LogP) is 9.26. The van der Waals surface area contributed by atoms with Gasteiger partial charge in [-0.3, -0.25) is 0 Å². The third-order valence-corrected chi connectivity index (χ3v) is 7.17. The molecule has 2 saturated carbocycles. The van der Waals surface area contributed by atoms with Gasteiger partial charge in [0.15, 0.2) is 0 Å². The van der Waals surface area contributed by atoms with E-state index in [9.17, 15) is 0 Å². The zero-order valence-corrected chi connectivity index (χ0v) is 18.7. The molecule has 0 bridgehead atoms. The van der Waals surface area contributed by atoms with Crippen molar-refractivity contribution in [3.63, 3.8) is 0 Å². The maximum atomic E-state index is 2.41. The second kappa shape index (κ2) is 9.62. The molecule has 0 unspecified atom stereocenters. The molecule has 1 aromatic rings. The SMILES string of the molecule is C.CC1(C)CCC(C(C)(C)C)CC1.CC1(C)CCC(c2ccccc2)CC1. The van der Waals surface area contributed by atoms with Crippen molar-refractivity contribution in [3.8, 4) is 0 Å². The zero-order chi connectivity index (χ0) is 19.4. The summed E-state index contributed by atoms with van der Waals surface area (Å²) in [5, 5.41) is 0. The molecule has 2 aliphatic rings. The van der Waals surface area contributed by atoms with Gasteiger partial charge >= 0.3 is 0 Å². The molecule has 0 amide bonds. The molecule has 156 valence electrons. The average Bonchev–Trinajstić information content (AvgIpc) is 2.55. The molecule has 3 rings (SSSR count). The lowest BCUT2D eigenvalue weighted by Gasteiger charge is -2.40. The van der Waals surface area contributed by atoms with Crippen LogP contribution in [0, 0.1) is 22.2 Å². The summed E-state index contributed by atoms with van der Waals surface area (Å²) in [6.45, 7) is 16.8. The van der Waals surface area contributed by atoms with Crippen LogP contribution in [0.4, 0.5) is 0 Å². The van der Waals surface area contributed by atoms with E-state index in [4.69, 9.17) is 0 Å². The molecule has 0 radical (unpaired) electrons. The Morgan fingerprint density at radius 2 is 1.11 bits per heavy atom. The van der Waals surface area contributed by atoms with Crippen LogP contribution >= 0.6 is 0 Å². The Kier molecular flexibility index (Phi) is 8.64. The van der Waals surface area contributed by atoms with Crippen LogP contribution in [0.5, 0.6) is 0 Å². The van der Waals surface area contributed by atoms with Crippen molar-refractivity contribution >= 4 is 0 Å². The molecule has 0 aliphatic heterocycles. The number of rotatable bonds is 1. The molecule has 0 nitrogen and oxygen atoms in total. The summed E-state index contributed by atoms with van der Waals surface area (Å²) in [4.78, 5) is 0. The number of hydrogen-bond acceptors (Lipinski definition) is 0. The smallest absolute Gasteiger partial charge is 0.0162 e. The van der Waals surface area contributed by atoms with Gasteiger partial charge in [-0.15, -0.1) is 0 Å².